The summed E-state index contributed by atoms with van der Waals surface area (Å²) >= 11 is 0. The minimum Gasteiger partial charge on any atom is -0.237 e. The van der Waals surface area contributed by atoms with Gasteiger partial charge < -0.3 is 0 Å². The van der Waals surface area contributed by atoms with Gasteiger partial charge in [-0.3, -0.25) is 0 Å². The van der Waals surface area contributed by atoms with Gasteiger partial charge in [0.25, 0.3) is 0 Å². The fourth-order valence-corrected chi connectivity index (χ4v) is 1.31. The smallest absolute Gasteiger partial charge is 0.155 e. The van der Waals surface area contributed by atoms with Crippen LogP contribution in [-0.2, 0) is 0 Å². The van der Waals surface area contributed by atoms with E-state index in [1.165, 1.54) is 0 Å². The third-order valence-electron chi connectivity index (χ3n) is 2.15. The maximum atomic E-state index is 8.76. The molecule has 0 bridgehead atoms. The summed E-state index contributed by atoms with van der Waals surface area (Å²) in [4.78, 5) is 4.22. The highest BCUT2D eigenvalue weighted by atomic mass is 15.2. The molecule has 2 aromatic heterocycles. The Labute approximate surface area is 81.8 Å². The molecule has 0 amide bonds. The Morgan fingerprint density at radius 1 is 1.57 bits per heavy atom. The quantitative estimate of drug-likeness (QED) is 0.680. The van der Waals surface area contributed by atoms with Gasteiger partial charge in [0.05, 0.1) is 17.7 Å². The third-order valence-corrected chi connectivity index (χ3v) is 2.15. The van der Waals surface area contributed by atoms with E-state index in [2.05, 4.69) is 16.2 Å². The Bertz CT molecular complexity index is 506. The topological polar surface area (TPSA) is 54.0 Å². The molecule has 2 heterocycles. The minimum absolute atomic E-state index is 0.142. The summed E-state index contributed by atoms with van der Waals surface area (Å²) in [5.41, 5.74) is 2.64. The van der Waals surface area contributed by atoms with Crippen LogP contribution in [0.5, 0.6) is 0 Å². The first-order chi connectivity index (χ1) is 6.70. The molecule has 4 heteroatoms. The van der Waals surface area contributed by atoms with Gasteiger partial charge in [-0.1, -0.05) is 0 Å². The molecule has 0 fully saturated rings. The minimum atomic E-state index is -0.142. The molecule has 1 atom stereocenters. The molecule has 0 saturated carbocycles. The standard InChI is InChI=1S/C10H10N4/c1-7(4-11)9-5-12-10-3-8(2)13-14(10)6-9/h3,5-7H,1-2H3. The monoisotopic (exact) mass is 186 g/mol. The van der Waals surface area contributed by atoms with Crippen molar-refractivity contribution in [3.8, 4) is 6.07 Å². The molecule has 0 aliphatic heterocycles. The van der Waals surface area contributed by atoms with Crippen LogP contribution in [-0.4, -0.2) is 14.6 Å². The van der Waals surface area contributed by atoms with Gasteiger partial charge in [0, 0.05) is 24.0 Å². The van der Waals surface area contributed by atoms with Crippen LogP contribution in [0.1, 0.15) is 24.1 Å². The Hall–Kier alpha value is -1.89. The number of nitrogens with zero attached hydrogens (tertiary/aromatic N) is 4. The fraction of sp³-hybridized carbons (Fsp3) is 0.300. The SMILES string of the molecule is Cc1cc2ncc(C(C)C#N)cn2n1. The summed E-state index contributed by atoms with van der Waals surface area (Å²) < 4.78 is 1.71. The molecule has 2 aromatic rings. The molecule has 4 nitrogen and oxygen atoms in total. The molecular weight excluding hydrogens is 176 g/mol. The van der Waals surface area contributed by atoms with Gasteiger partial charge in [-0.25, -0.2) is 9.50 Å². The lowest BCUT2D eigenvalue weighted by Gasteiger charge is -2.01. The highest BCUT2D eigenvalue weighted by Gasteiger charge is 2.06. The van der Waals surface area contributed by atoms with Crippen molar-refractivity contribution in [2.45, 2.75) is 19.8 Å². The van der Waals surface area contributed by atoms with E-state index in [0.29, 0.717) is 0 Å². The van der Waals surface area contributed by atoms with E-state index in [0.717, 1.165) is 16.9 Å². The molecule has 0 aliphatic rings. The molecule has 0 aliphatic carbocycles. The molecule has 0 N–H and O–H groups in total. The van der Waals surface area contributed by atoms with Crippen LogP contribution in [0.15, 0.2) is 18.5 Å². The van der Waals surface area contributed by atoms with Crippen molar-refractivity contribution >= 4 is 5.65 Å². The van der Waals surface area contributed by atoms with Crippen LogP contribution in [0.2, 0.25) is 0 Å². The first-order valence-corrected chi connectivity index (χ1v) is 4.42. The second-order valence-electron chi connectivity index (χ2n) is 3.33. The average molecular weight is 186 g/mol. The zero-order valence-corrected chi connectivity index (χ0v) is 8.10. The lowest BCUT2D eigenvalue weighted by atomic mass is 10.1. The molecular formula is C10H10N4. The van der Waals surface area contributed by atoms with Crippen LogP contribution in [0.3, 0.4) is 0 Å². The van der Waals surface area contributed by atoms with Crippen molar-refractivity contribution in [1.82, 2.24) is 14.6 Å². The second-order valence-corrected chi connectivity index (χ2v) is 3.33. The first kappa shape index (κ1) is 8.70. The number of aryl methyl sites for hydroxylation is 1. The second kappa shape index (κ2) is 3.11. The average Bonchev–Trinajstić information content (AvgIpc) is 2.55. The van der Waals surface area contributed by atoms with E-state index < -0.39 is 0 Å². The number of fused-ring (bicyclic) bond motifs is 1. The summed E-state index contributed by atoms with van der Waals surface area (Å²) in [5, 5.41) is 13.0. The Morgan fingerprint density at radius 2 is 2.36 bits per heavy atom. The lowest BCUT2D eigenvalue weighted by molar-refractivity contribution is 0.869. The normalized spacial score (nSPS) is 12.6. The zero-order chi connectivity index (χ0) is 10.1. The Kier molecular flexibility index (Phi) is 1.93. The maximum absolute atomic E-state index is 8.76. The maximum Gasteiger partial charge on any atom is 0.155 e. The molecule has 0 saturated heterocycles. The summed E-state index contributed by atoms with van der Waals surface area (Å²) in [5.74, 6) is -0.142. The van der Waals surface area contributed by atoms with Crippen LogP contribution in [0.25, 0.3) is 5.65 Å². The van der Waals surface area contributed by atoms with Gasteiger partial charge in [0.2, 0.25) is 0 Å². The van der Waals surface area contributed by atoms with Crippen molar-refractivity contribution in [3.05, 3.63) is 29.7 Å². The summed E-state index contributed by atoms with van der Waals surface area (Å²) in [7, 11) is 0. The summed E-state index contributed by atoms with van der Waals surface area (Å²) in [6.07, 6.45) is 3.58. The predicted octanol–water partition coefficient (Wildman–Crippen LogP) is 1.66. The van der Waals surface area contributed by atoms with Crippen molar-refractivity contribution in [2.24, 2.45) is 0 Å². The first-order valence-electron chi connectivity index (χ1n) is 4.42. The largest absolute Gasteiger partial charge is 0.237 e. The van der Waals surface area contributed by atoms with Crippen LogP contribution in [0.4, 0.5) is 0 Å². The number of rotatable bonds is 1. The van der Waals surface area contributed by atoms with E-state index in [-0.39, 0.29) is 5.92 Å². The third kappa shape index (κ3) is 1.33. The molecule has 14 heavy (non-hydrogen) atoms. The van der Waals surface area contributed by atoms with Crippen molar-refractivity contribution in [3.63, 3.8) is 0 Å². The van der Waals surface area contributed by atoms with E-state index in [9.17, 15) is 0 Å². The van der Waals surface area contributed by atoms with Crippen molar-refractivity contribution in [2.75, 3.05) is 0 Å². The van der Waals surface area contributed by atoms with Gasteiger partial charge in [-0.05, 0) is 13.8 Å². The van der Waals surface area contributed by atoms with Gasteiger partial charge in [0.1, 0.15) is 0 Å². The summed E-state index contributed by atoms with van der Waals surface area (Å²) in [6.45, 7) is 3.77. The number of hydrogen-bond acceptors (Lipinski definition) is 3. The Morgan fingerprint density at radius 3 is 3.07 bits per heavy atom. The molecule has 0 aromatic carbocycles. The van der Waals surface area contributed by atoms with Crippen LogP contribution in [0, 0.1) is 18.3 Å². The highest BCUT2D eigenvalue weighted by Crippen LogP contribution is 2.13. The predicted molar refractivity (Wildman–Crippen MR) is 51.8 cm³/mol. The highest BCUT2D eigenvalue weighted by molar-refractivity contribution is 5.39. The van der Waals surface area contributed by atoms with Crippen LogP contribution >= 0.6 is 0 Å². The number of hydrogen-bond donors (Lipinski definition) is 0. The Balaban J connectivity index is 2.57. The van der Waals surface area contributed by atoms with Crippen molar-refractivity contribution < 1.29 is 0 Å². The lowest BCUT2D eigenvalue weighted by Crippen LogP contribution is -1.96. The van der Waals surface area contributed by atoms with Gasteiger partial charge in [-0.2, -0.15) is 10.4 Å². The number of nitriles is 1. The molecule has 70 valence electrons. The van der Waals surface area contributed by atoms with E-state index in [1.54, 1.807) is 10.7 Å². The fourth-order valence-electron chi connectivity index (χ4n) is 1.31. The van der Waals surface area contributed by atoms with Gasteiger partial charge in [0.15, 0.2) is 5.65 Å². The molecule has 0 spiro atoms. The van der Waals surface area contributed by atoms with E-state index in [4.69, 9.17) is 5.26 Å². The summed E-state index contributed by atoms with van der Waals surface area (Å²) in [6, 6.07) is 4.08. The van der Waals surface area contributed by atoms with Crippen LogP contribution < -0.4 is 0 Å². The zero-order valence-electron chi connectivity index (χ0n) is 8.10. The van der Waals surface area contributed by atoms with E-state index >= 15 is 0 Å². The number of aromatic nitrogens is 3. The molecule has 0 radical (unpaired) electrons. The molecule has 1 unspecified atom stereocenters. The van der Waals surface area contributed by atoms with Gasteiger partial charge >= 0.3 is 0 Å². The van der Waals surface area contributed by atoms with E-state index in [1.807, 2.05) is 26.1 Å². The van der Waals surface area contributed by atoms with Gasteiger partial charge in [-0.15, -0.1) is 0 Å². The van der Waals surface area contributed by atoms with Crippen molar-refractivity contribution in [1.29, 1.82) is 5.26 Å². The molecule has 2 rings (SSSR count).